The highest BCUT2D eigenvalue weighted by Gasteiger charge is 2.45. The number of ether oxygens (including phenoxy) is 1. The van der Waals surface area contributed by atoms with Gasteiger partial charge in [-0.25, -0.2) is 9.97 Å². The van der Waals surface area contributed by atoms with Gasteiger partial charge in [-0.2, -0.15) is 0 Å². The Morgan fingerprint density at radius 1 is 1.22 bits per heavy atom. The Labute approximate surface area is 153 Å². The standard InChI is InChI=1S/C17H19N5O5/c23-7-10-12(24)13(25)16(27-10)22-14-11(15(26)20-8-19-14)21-17(22)18-6-9-4-2-1-3-5-9/h1-5,8,10,12-13,16,23-25H,6-7H2,(H,18,21)(H,19,20,26)/t10-,12+,13+,16+/m0/s1. The van der Waals surface area contributed by atoms with Crippen molar-refractivity contribution in [2.75, 3.05) is 11.9 Å². The van der Waals surface area contributed by atoms with Crippen LogP contribution in [0.3, 0.4) is 0 Å². The van der Waals surface area contributed by atoms with Crippen LogP contribution in [0.4, 0.5) is 5.95 Å². The Balaban J connectivity index is 1.76. The Morgan fingerprint density at radius 3 is 2.70 bits per heavy atom. The van der Waals surface area contributed by atoms with Gasteiger partial charge in [0.15, 0.2) is 17.4 Å². The number of nitrogens with one attached hydrogen (secondary N) is 2. The second kappa shape index (κ2) is 7.08. The van der Waals surface area contributed by atoms with Gasteiger partial charge in [0.25, 0.3) is 5.56 Å². The molecule has 3 heterocycles. The third kappa shape index (κ3) is 3.08. The van der Waals surface area contributed by atoms with E-state index in [0.29, 0.717) is 6.54 Å². The zero-order valence-corrected chi connectivity index (χ0v) is 14.2. The molecule has 1 aliphatic heterocycles. The van der Waals surface area contributed by atoms with Crippen LogP contribution in [0.5, 0.6) is 0 Å². The van der Waals surface area contributed by atoms with Crippen molar-refractivity contribution in [1.29, 1.82) is 0 Å². The molecule has 1 saturated heterocycles. The number of H-pyrrole nitrogens is 1. The summed E-state index contributed by atoms with van der Waals surface area (Å²) in [5.74, 6) is 0.257. The largest absolute Gasteiger partial charge is 0.394 e. The molecule has 27 heavy (non-hydrogen) atoms. The summed E-state index contributed by atoms with van der Waals surface area (Å²) in [7, 11) is 0. The zero-order chi connectivity index (χ0) is 19.0. The van der Waals surface area contributed by atoms with Crippen LogP contribution in [-0.4, -0.2) is 59.8 Å². The highest BCUT2D eigenvalue weighted by molar-refractivity contribution is 5.73. The minimum absolute atomic E-state index is 0.0748. The molecule has 5 N–H and O–H groups in total. The molecule has 0 saturated carbocycles. The molecule has 0 amide bonds. The van der Waals surface area contributed by atoms with E-state index in [1.54, 1.807) is 0 Å². The van der Waals surface area contributed by atoms with Crippen molar-refractivity contribution in [3.8, 4) is 0 Å². The van der Waals surface area contributed by atoms with Crippen LogP contribution in [0.15, 0.2) is 41.5 Å². The highest BCUT2D eigenvalue weighted by atomic mass is 16.6. The summed E-state index contributed by atoms with van der Waals surface area (Å²) in [6, 6.07) is 9.56. The maximum Gasteiger partial charge on any atom is 0.278 e. The van der Waals surface area contributed by atoms with Gasteiger partial charge >= 0.3 is 0 Å². The number of aliphatic hydroxyl groups is 3. The lowest BCUT2D eigenvalue weighted by Gasteiger charge is -2.19. The number of imidazole rings is 1. The Bertz CT molecular complexity index is 988. The number of rotatable bonds is 5. The van der Waals surface area contributed by atoms with E-state index >= 15 is 0 Å². The number of fused-ring (bicyclic) bond motifs is 1. The summed E-state index contributed by atoms with van der Waals surface area (Å²) in [4.78, 5) is 23.0. The molecule has 10 nitrogen and oxygen atoms in total. The molecular weight excluding hydrogens is 354 g/mol. The Kier molecular flexibility index (Phi) is 4.62. The third-order valence-electron chi connectivity index (χ3n) is 4.55. The van der Waals surface area contributed by atoms with Crippen LogP contribution >= 0.6 is 0 Å². The number of aliphatic hydroxyl groups excluding tert-OH is 3. The average molecular weight is 373 g/mol. The summed E-state index contributed by atoms with van der Waals surface area (Å²) >= 11 is 0. The van der Waals surface area contributed by atoms with Crippen molar-refractivity contribution in [1.82, 2.24) is 19.5 Å². The van der Waals surface area contributed by atoms with Crippen LogP contribution in [0.25, 0.3) is 11.2 Å². The number of hydrogen-bond donors (Lipinski definition) is 5. The third-order valence-corrected chi connectivity index (χ3v) is 4.55. The number of aromatic nitrogens is 4. The maximum atomic E-state index is 12.1. The van der Waals surface area contributed by atoms with Gasteiger partial charge in [0.05, 0.1) is 12.9 Å². The van der Waals surface area contributed by atoms with Crippen LogP contribution < -0.4 is 10.9 Å². The molecule has 1 aromatic carbocycles. The molecule has 2 aromatic heterocycles. The number of benzene rings is 1. The van der Waals surface area contributed by atoms with Crippen LogP contribution in [0.2, 0.25) is 0 Å². The SMILES string of the molecule is O=c1[nH]cnc2c1nc(NCc1ccccc1)n2[C@@H]1O[C@@H](CO)[C@@H](O)[C@H]1O. The Morgan fingerprint density at radius 2 is 2.00 bits per heavy atom. The quantitative estimate of drug-likeness (QED) is 0.396. The van der Waals surface area contributed by atoms with Gasteiger partial charge in [0.1, 0.15) is 18.3 Å². The number of hydrogen-bond acceptors (Lipinski definition) is 8. The molecule has 1 fully saturated rings. The summed E-state index contributed by atoms with van der Waals surface area (Å²) in [6.45, 7) is -0.0426. The first-order valence-corrected chi connectivity index (χ1v) is 8.46. The predicted molar refractivity (Wildman–Crippen MR) is 94.9 cm³/mol. The second-order valence-electron chi connectivity index (χ2n) is 6.28. The minimum Gasteiger partial charge on any atom is -0.394 e. The fourth-order valence-electron chi connectivity index (χ4n) is 3.16. The van der Waals surface area contributed by atoms with Crippen molar-refractivity contribution >= 4 is 17.1 Å². The van der Waals surface area contributed by atoms with Gasteiger partial charge in [-0.1, -0.05) is 30.3 Å². The van der Waals surface area contributed by atoms with E-state index in [4.69, 9.17) is 4.74 Å². The number of anilines is 1. The summed E-state index contributed by atoms with van der Waals surface area (Å²) in [5.41, 5.74) is 0.822. The lowest BCUT2D eigenvalue weighted by Crippen LogP contribution is -2.33. The number of nitrogens with zero attached hydrogens (tertiary/aromatic N) is 3. The topological polar surface area (TPSA) is 146 Å². The molecule has 3 aromatic rings. The van der Waals surface area contributed by atoms with E-state index < -0.39 is 36.7 Å². The van der Waals surface area contributed by atoms with E-state index in [1.165, 1.54) is 10.9 Å². The van der Waals surface area contributed by atoms with E-state index in [1.807, 2.05) is 30.3 Å². The van der Waals surface area contributed by atoms with Crippen molar-refractivity contribution in [3.63, 3.8) is 0 Å². The average Bonchev–Trinajstić information content (AvgIpc) is 3.19. The first kappa shape index (κ1) is 17.6. The van der Waals surface area contributed by atoms with Crippen LogP contribution in [0.1, 0.15) is 11.8 Å². The van der Waals surface area contributed by atoms with Crippen LogP contribution in [-0.2, 0) is 11.3 Å². The van der Waals surface area contributed by atoms with E-state index in [-0.39, 0.29) is 17.1 Å². The molecule has 4 rings (SSSR count). The van der Waals surface area contributed by atoms with E-state index in [9.17, 15) is 20.1 Å². The minimum atomic E-state index is -1.32. The van der Waals surface area contributed by atoms with Gasteiger partial charge < -0.3 is 30.4 Å². The molecule has 10 heteroatoms. The molecule has 142 valence electrons. The van der Waals surface area contributed by atoms with E-state index in [0.717, 1.165) is 5.56 Å². The monoisotopic (exact) mass is 373 g/mol. The van der Waals surface area contributed by atoms with Crippen LogP contribution in [0, 0.1) is 0 Å². The highest BCUT2D eigenvalue weighted by Crippen LogP contribution is 2.33. The summed E-state index contributed by atoms with van der Waals surface area (Å²) < 4.78 is 7.03. The molecule has 0 unspecified atom stereocenters. The first-order valence-electron chi connectivity index (χ1n) is 8.46. The molecule has 1 aliphatic rings. The fraction of sp³-hybridized carbons (Fsp3) is 0.353. The fourth-order valence-corrected chi connectivity index (χ4v) is 3.16. The predicted octanol–water partition coefficient (Wildman–Crippen LogP) is -0.657. The smallest absolute Gasteiger partial charge is 0.278 e. The first-order chi connectivity index (χ1) is 13.1. The molecule has 0 spiro atoms. The molecular formula is C17H19N5O5. The molecule has 0 bridgehead atoms. The van der Waals surface area contributed by atoms with Gasteiger partial charge in [-0.15, -0.1) is 0 Å². The van der Waals surface area contributed by atoms with Gasteiger partial charge in [-0.05, 0) is 5.56 Å². The Hall–Kier alpha value is -2.79. The second-order valence-corrected chi connectivity index (χ2v) is 6.28. The van der Waals surface area contributed by atoms with E-state index in [2.05, 4.69) is 20.3 Å². The summed E-state index contributed by atoms with van der Waals surface area (Å²) in [6.07, 6.45) is -3.38. The normalized spacial score (nSPS) is 25.1. The van der Waals surface area contributed by atoms with Crippen molar-refractivity contribution in [2.45, 2.75) is 31.1 Å². The van der Waals surface area contributed by atoms with Gasteiger partial charge in [-0.3, -0.25) is 9.36 Å². The maximum absolute atomic E-state index is 12.1. The lowest BCUT2D eigenvalue weighted by atomic mass is 10.1. The lowest BCUT2D eigenvalue weighted by molar-refractivity contribution is -0.0501. The number of aromatic amines is 1. The zero-order valence-electron chi connectivity index (χ0n) is 14.2. The molecule has 4 atom stereocenters. The van der Waals surface area contributed by atoms with Crippen molar-refractivity contribution in [2.24, 2.45) is 0 Å². The molecule has 0 aliphatic carbocycles. The van der Waals surface area contributed by atoms with Crippen molar-refractivity contribution in [3.05, 3.63) is 52.6 Å². The van der Waals surface area contributed by atoms with Crippen molar-refractivity contribution < 1.29 is 20.1 Å². The summed E-state index contributed by atoms with van der Waals surface area (Å²) in [5, 5.41) is 32.9. The molecule has 0 radical (unpaired) electrons. The van der Waals surface area contributed by atoms with Gasteiger partial charge in [0.2, 0.25) is 5.95 Å². The van der Waals surface area contributed by atoms with Gasteiger partial charge in [0, 0.05) is 6.54 Å².